The van der Waals surface area contributed by atoms with E-state index in [-0.39, 0.29) is 19.0 Å². The Morgan fingerprint density at radius 2 is 2.11 bits per heavy atom. The molecule has 8 nitrogen and oxygen atoms in total. The number of rotatable bonds is 8. The van der Waals surface area contributed by atoms with Gasteiger partial charge in [-0.2, -0.15) is 0 Å². The summed E-state index contributed by atoms with van der Waals surface area (Å²) in [6.45, 7) is 7.90. The van der Waals surface area contributed by atoms with Gasteiger partial charge in [0.05, 0.1) is 18.8 Å². The molecule has 1 atom stereocenters. The number of amides is 1. The van der Waals surface area contributed by atoms with Crippen molar-refractivity contribution in [2.45, 2.75) is 19.4 Å². The van der Waals surface area contributed by atoms with Crippen molar-refractivity contribution in [3.8, 4) is 0 Å². The number of aliphatic imine (C=N–C) groups is 1. The molecule has 156 valence electrons. The van der Waals surface area contributed by atoms with Crippen LogP contribution in [0.25, 0.3) is 0 Å². The molecule has 9 heteroatoms. The first-order valence-electron chi connectivity index (χ1n) is 9.48. The topological polar surface area (TPSA) is 98.2 Å². The number of nitrogens with zero attached hydrogens (tertiary/aromatic N) is 2. The second kappa shape index (κ2) is 10.9. The number of benzene rings is 1. The molecule has 28 heavy (non-hydrogen) atoms. The van der Waals surface area contributed by atoms with Crippen molar-refractivity contribution in [1.82, 2.24) is 15.5 Å². The van der Waals surface area contributed by atoms with Crippen molar-refractivity contribution in [3.63, 3.8) is 0 Å². The Morgan fingerprint density at radius 1 is 1.36 bits per heavy atom. The van der Waals surface area contributed by atoms with Gasteiger partial charge in [-0.1, -0.05) is 6.07 Å². The highest BCUT2D eigenvalue weighted by atomic mass is 19.1. The van der Waals surface area contributed by atoms with Gasteiger partial charge in [0.2, 0.25) is 5.91 Å². The number of aliphatic hydroxyl groups is 1. The van der Waals surface area contributed by atoms with Crippen LogP contribution in [0.4, 0.5) is 10.1 Å². The van der Waals surface area contributed by atoms with Gasteiger partial charge in [-0.3, -0.25) is 9.69 Å². The number of ether oxygens (including phenoxy) is 1. The molecule has 1 heterocycles. The Labute approximate surface area is 165 Å². The van der Waals surface area contributed by atoms with E-state index >= 15 is 0 Å². The molecule has 0 aliphatic carbocycles. The van der Waals surface area contributed by atoms with Crippen LogP contribution < -0.4 is 16.0 Å². The third kappa shape index (κ3) is 8.20. The maximum absolute atomic E-state index is 13.2. The van der Waals surface area contributed by atoms with Gasteiger partial charge in [0, 0.05) is 38.4 Å². The second-order valence-electron chi connectivity index (χ2n) is 6.99. The van der Waals surface area contributed by atoms with Crippen LogP contribution >= 0.6 is 0 Å². The number of morpholine rings is 1. The average molecular weight is 395 g/mol. The van der Waals surface area contributed by atoms with E-state index < -0.39 is 11.4 Å². The van der Waals surface area contributed by atoms with E-state index in [4.69, 9.17) is 4.74 Å². The Morgan fingerprint density at radius 3 is 2.79 bits per heavy atom. The largest absolute Gasteiger partial charge is 0.387 e. The lowest BCUT2D eigenvalue weighted by Crippen LogP contribution is -2.53. The number of β-amino-alcohol motifs (C(OH)–C–C–N with tert-alkyl or cyclic N) is 1. The predicted octanol–water partition coefficient (Wildman–Crippen LogP) is 0.403. The third-order valence-corrected chi connectivity index (χ3v) is 4.14. The molecule has 1 aliphatic heterocycles. The maximum Gasteiger partial charge on any atom is 0.246 e. The number of nitrogens with one attached hydrogen (secondary N) is 3. The molecular weight excluding hydrogens is 365 g/mol. The smallest absolute Gasteiger partial charge is 0.246 e. The zero-order chi connectivity index (χ0) is 20.4. The number of halogens is 1. The number of guanidine groups is 1. The van der Waals surface area contributed by atoms with Crippen LogP contribution in [0.15, 0.2) is 29.3 Å². The van der Waals surface area contributed by atoms with Crippen molar-refractivity contribution in [2.75, 3.05) is 57.8 Å². The Bertz CT molecular complexity index is 663. The van der Waals surface area contributed by atoms with Crippen molar-refractivity contribution in [3.05, 3.63) is 30.1 Å². The van der Waals surface area contributed by atoms with E-state index in [9.17, 15) is 14.3 Å². The summed E-state index contributed by atoms with van der Waals surface area (Å²) in [6.07, 6.45) is 0. The van der Waals surface area contributed by atoms with Crippen molar-refractivity contribution >= 4 is 17.6 Å². The molecule has 1 aromatic rings. The zero-order valence-corrected chi connectivity index (χ0v) is 16.5. The lowest BCUT2D eigenvalue weighted by Gasteiger charge is -2.34. The Hall–Kier alpha value is -2.23. The summed E-state index contributed by atoms with van der Waals surface area (Å²) in [6, 6.07) is 5.69. The summed E-state index contributed by atoms with van der Waals surface area (Å²) in [7, 11) is 0. The van der Waals surface area contributed by atoms with E-state index in [0.29, 0.717) is 38.0 Å². The van der Waals surface area contributed by atoms with E-state index in [1.807, 2.05) is 6.92 Å². The number of hydrogen-bond acceptors (Lipinski definition) is 5. The van der Waals surface area contributed by atoms with Gasteiger partial charge in [0.15, 0.2) is 5.96 Å². The van der Waals surface area contributed by atoms with Crippen LogP contribution in [0.5, 0.6) is 0 Å². The summed E-state index contributed by atoms with van der Waals surface area (Å²) < 4.78 is 18.5. The van der Waals surface area contributed by atoms with Gasteiger partial charge in [-0.25, -0.2) is 9.38 Å². The fourth-order valence-corrected chi connectivity index (χ4v) is 2.83. The Balaban J connectivity index is 1.84. The van der Waals surface area contributed by atoms with Crippen molar-refractivity contribution < 1.29 is 19.0 Å². The van der Waals surface area contributed by atoms with E-state index in [1.165, 1.54) is 18.2 Å². The van der Waals surface area contributed by atoms with Crippen molar-refractivity contribution in [2.24, 2.45) is 4.99 Å². The van der Waals surface area contributed by atoms with Crippen LogP contribution in [0.2, 0.25) is 0 Å². The molecule has 1 aromatic carbocycles. The van der Waals surface area contributed by atoms with Gasteiger partial charge in [0.1, 0.15) is 12.4 Å². The lowest BCUT2D eigenvalue weighted by atomic mass is 10.1. The lowest BCUT2D eigenvalue weighted by molar-refractivity contribution is -0.114. The highest BCUT2D eigenvalue weighted by molar-refractivity contribution is 5.94. The van der Waals surface area contributed by atoms with Gasteiger partial charge in [-0.15, -0.1) is 0 Å². The Kier molecular flexibility index (Phi) is 8.62. The SMILES string of the molecule is CCNC(=NCC(=O)Nc1cccc(F)c1)NCC(C)(O)CN1CCOCC1. The third-order valence-electron chi connectivity index (χ3n) is 4.14. The molecule has 1 aliphatic rings. The molecule has 1 fully saturated rings. The molecule has 1 unspecified atom stereocenters. The normalized spacial score (nSPS) is 17.6. The summed E-state index contributed by atoms with van der Waals surface area (Å²) in [5.41, 5.74) is -0.580. The molecule has 0 radical (unpaired) electrons. The highest BCUT2D eigenvalue weighted by Crippen LogP contribution is 2.09. The van der Waals surface area contributed by atoms with Gasteiger partial charge >= 0.3 is 0 Å². The molecule has 1 saturated heterocycles. The summed E-state index contributed by atoms with van der Waals surface area (Å²) >= 11 is 0. The molecule has 4 N–H and O–H groups in total. The monoisotopic (exact) mass is 395 g/mol. The number of anilines is 1. The summed E-state index contributed by atoms with van der Waals surface area (Å²) in [4.78, 5) is 18.4. The highest BCUT2D eigenvalue weighted by Gasteiger charge is 2.25. The number of carbonyl (C=O) groups is 1. The fraction of sp³-hybridized carbons (Fsp3) is 0.579. The molecule has 2 rings (SSSR count). The quantitative estimate of drug-likeness (QED) is 0.376. The van der Waals surface area contributed by atoms with Crippen LogP contribution in [-0.4, -0.2) is 80.0 Å². The molecule has 0 bridgehead atoms. The minimum atomic E-state index is -0.961. The first-order chi connectivity index (χ1) is 13.4. The zero-order valence-electron chi connectivity index (χ0n) is 16.5. The number of hydrogen-bond donors (Lipinski definition) is 4. The summed E-state index contributed by atoms with van der Waals surface area (Å²) in [5.74, 6) is -0.346. The van der Waals surface area contributed by atoms with Crippen molar-refractivity contribution in [1.29, 1.82) is 0 Å². The standard InChI is InChI=1S/C19H30FN5O3/c1-3-21-18(22-12-17(26)24-16-6-4-5-15(20)11-16)23-13-19(2,27)14-25-7-9-28-10-8-25/h4-6,11,27H,3,7-10,12-14H2,1-2H3,(H,24,26)(H2,21,22,23). The van der Waals surface area contributed by atoms with Gasteiger partial charge in [-0.05, 0) is 32.0 Å². The molecule has 0 spiro atoms. The molecule has 0 aromatic heterocycles. The van der Waals surface area contributed by atoms with Gasteiger partial charge < -0.3 is 25.8 Å². The molecular formula is C19H30FN5O3. The molecule has 1 amide bonds. The maximum atomic E-state index is 13.2. The first-order valence-corrected chi connectivity index (χ1v) is 9.48. The van der Waals surface area contributed by atoms with Gasteiger partial charge in [0.25, 0.3) is 0 Å². The first kappa shape index (κ1) is 22.1. The van der Waals surface area contributed by atoms with Crippen LogP contribution in [0.1, 0.15) is 13.8 Å². The second-order valence-corrected chi connectivity index (χ2v) is 6.99. The minimum absolute atomic E-state index is 0.128. The van der Waals surface area contributed by atoms with E-state index in [2.05, 4.69) is 25.8 Å². The minimum Gasteiger partial charge on any atom is -0.387 e. The predicted molar refractivity (Wildman–Crippen MR) is 107 cm³/mol. The number of carbonyl (C=O) groups excluding carboxylic acids is 1. The average Bonchev–Trinajstić information content (AvgIpc) is 2.64. The van der Waals surface area contributed by atoms with E-state index in [1.54, 1.807) is 13.0 Å². The van der Waals surface area contributed by atoms with Crippen LogP contribution in [0, 0.1) is 5.82 Å². The van der Waals surface area contributed by atoms with Crippen LogP contribution in [0.3, 0.4) is 0 Å². The fourth-order valence-electron chi connectivity index (χ4n) is 2.83. The molecule has 0 saturated carbocycles. The van der Waals surface area contributed by atoms with E-state index in [0.717, 1.165) is 13.1 Å². The summed E-state index contributed by atoms with van der Waals surface area (Å²) in [5, 5.41) is 19.3. The van der Waals surface area contributed by atoms with Crippen LogP contribution in [-0.2, 0) is 9.53 Å².